The molecule has 0 aliphatic heterocycles. The summed E-state index contributed by atoms with van der Waals surface area (Å²) in [5.41, 5.74) is 0.371. The minimum Gasteiger partial charge on any atom is -0.393 e. The fourth-order valence-corrected chi connectivity index (χ4v) is 8.62. The number of carbonyl (C=O) groups excluding carboxylic acids is 1. The van der Waals surface area contributed by atoms with Crippen LogP contribution in [-0.4, -0.2) is 49.2 Å². The van der Waals surface area contributed by atoms with Gasteiger partial charge in [-0.3, -0.25) is 4.79 Å². The lowest BCUT2D eigenvalue weighted by atomic mass is 9.45. The van der Waals surface area contributed by atoms with Crippen molar-refractivity contribution in [2.24, 2.45) is 28.6 Å². The molecule has 7 atom stereocenters. The number of halogens is 2. The third-order valence-electron chi connectivity index (χ3n) is 10.3. The summed E-state index contributed by atoms with van der Waals surface area (Å²) < 4.78 is 29.6. The van der Waals surface area contributed by atoms with Crippen LogP contribution in [0.25, 0.3) is 11.8 Å². The standard InChI is InChI=1S/C28H32F2N2O4/c1-26-11-15-13-31-32(21-6-4-17(29)10-20(21)30)22(15)9-16(26)3-5-18-19-7-8-28(36,24(35)14-33)27(19,2)12-23(34)25(18)26/h4,6,9-10,13,18-19,23,25,33-34,36H,3,5,7-8,11-12,14H2,1-2H3/t18-,19-,23-,25+,26-,27-,28-/m1/s1. The Hall–Kier alpha value is -2.42. The first kappa shape index (κ1) is 23.9. The maximum atomic E-state index is 14.6. The molecule has 36 heavy (non-hydrogen) atoms. The molecule has 3 saturated carbocycles. The van der Waals surface area contributed by atoms with E-state index < -0.39 is 41.1 Å². The number of benzene rings is 1. The van der Waals surface area contributed by atoms with Crippen molar-refractivity contribution in [3.8, 4) is 5.69 Å². The van der Waals surface area contributed by atoms with Crippen molar-refractivity contribution in [2.45, 2.75) is 64.1 Å². The Morgan fingerprint density at radius 2 is 2.03 bits per heavy atom. The van der Waals surface area contributed by atoms with Gasteiger partial charge in [0.2, 0.25) is 0 Å². The zero-order valence-corrected chi connectivity index (χ0v) is 20.5. The fourth-order valence-electron chi connectivity index (χ4n) is 8.62. The number of hydrogen-bond donors (Lipinski definition) is 3. The van der Waals surface area contributed by atoms with Crippen LogP contribution < -0.4 is 0 Å². The predicted molar refractivity (Wildman–Crippen MR) is 128 cm³/mol. The Bertz CT molecular complexity index is 1290. The lowest BCUT2D eigenvalue weighted by molar-refractivity contribution is -0.181. The molecule has 1 aromatic heterocycles. The minimum absolute atomic E-state index is 0.0544. The molecule has 0 radical (unpaired) electrons. The van der Waals surface area contributed by atoms with Crippen LogP contribution >= 0.6 is 0 Å². The van der Waals surface area contributed by atoms with Gasteiger partial charge < -0.3 is 15.3 Å². The van der Waals surface area contributed by atoms with E-state index in [4.69, 9.17) is 0 Å². The van der Waals surface area contributed by atoms with Gasteiger partial charge in [0.25, 0.3) is 0 Å². The maximum Gasteiger partial charge on any atom is 0.190 e. The van der Waals surface area contributed by atoms with Crippen LogP contribution in [-0.2, 0) is 11.2 Å². The average Bonchev–Trinajstić information content (AvgIpc) is 3.34. The second kappa shape index (κ2) is 7.79. The van der Waals surface area contributed by atoms with Gasteiger partial charge in [0, 0.05) is 11.5 Å². The zero-order chi connectivity index (χ0) is 25.6. The van der Waals surface area contributed by atoms with Crippen molar-refractivity contribution in [2.75, 3.05) is 6.61 Å². The topological polar surface area (TPSA) is 95.6 Å². The first-order chi connectivity index (χ1) is 17.0. The van der Waals surface area contributed by atoms with E-state index in [1.54, 1.807) is 6.20 Å². The molecule has 0 spiro atoms. The second-order valence-corrected chi connectivity index (χ2v) is 11.8. The number of aliphatic hydroxyl groups is 3. The summed E-state index contributed by atoms with van der Waals surface area (Å²) in [6, 6.07) is 3.47. The van der Waals surface area contributed by atoms with Gasteiger partial charge in [-0.25, -0.2) is 13.5 Å². The molecule has 0 amide bonds. The molecule has 4 aliphatic carbocycles. The Morgan fingerprint density at radius 3 is 2.75 bits per heavy atom. The molecule has 1 heterocycles. The molecule has 192 valence electrons. The Labute approximate surface area is 208 Å². The molecule has 1 aromatic carbocycles. The van der Waals surface area contributed by atoms with Gasteiger partial charge >= 0.3 is 0 Å². The number of ketones is 1. The van der Waals surface area contributed by atoms with Crippen molar-refractivity contribution in [1.29, 1.82) is 0 Å². The molecule has 0 bridgehead atoms. The number of carbonyl (C=O) groups is 1. The summed E-state index contributed by atoms with van der Waals surface area (Å²) in [6.07, 6.45) is 6.63. The quantitative estimate of drug-likeness (QED) is 0.601. The zero-order valence-electron chi connectivity index (χ0n) is 20.5. The van der Waals surface area contributed by atoms with Crippen molar-refractivity contribution < 1.29 is 28.9 Å². The molecule has 3 N–H and O–H groups in total. The normalized spacial score (nSPS) is 39.0. The van der Waals surface area contributed by atoms with Crippen molar-refractivity contribution in [1.82, 2.24) is 9.78 Å². The van der Waals surface area contributed by atoms with Crippen molar-refractivity contribution in [3.63, 3.8) is 0 Å². The number of aliphatic hydroxyl groups excluding tert-OH is 2. The first-order valence-electron chi connectivity index (χ1n) is 12.8. The maximum absolute atomic E-state index is 14.6. The number of Topliss-reactive ketones (excluding diaryl/α,β-unsaturated/α-hetero) is 1. The molecule has 3 fully saturated rings. The lowest BCUT2D eigenvalue weighted by Gasteiger charge is -2.60. The van der Waals surface area contributed by atoms with Gasteiger partial charge in [-0.2, -0.15) is 5.10 Å². The van der Waals surface area contributed by atoms with Gasteiger partial charge in [-0.05, 0) is 85.5 Å². The van der Waals surface area contributed by atoms with Crippen LogP contribution in [0.2, 0.25) is 0 Å². The fraction of sp³-hybridized carbons (Fsp3) is 0.571. The summed E-state index contributed by atoms with van der Waals surface area (Å²) in [6.45, 7) is 3.39. The minimum atomic E-state index is -1.62. The second-order valence-electron chi connectivity index (χ2n) is 11.8. The molecule has 6 nitrogen and oxygen atoms in total. The van der Waals surface area contributed by atoms with Gasteiger partial charge in [0.15, 0.2) is 11.6 Å². The van der Waals surface area contributed by atoms with E-state index in [0.717, 1.165) is 30.2 Å². The molecule has 6 rings (SSSR count). The van der Waals surface area contributed by atoms with Gasteiger partial charge in [0.1, 0.15) is 23.7 Å². The molecule has 4 aliphatic rings. The van der Waals surface area contributed by atoms with Gasteiger partial charge in [-0.1, -0.05) is 19.4 Å². The number of nitrogens with zero attached hydrogens (tertiary/aromatic N) is 2. The third-order valence-corrected chi connectivity index (χ3v) is 10.3. The SMILES string of the molecule is C[C@@]12Cc3cnn(-c4ccc(F)cc4F)c3C=C1CC[C@H]1[C@H]2[C@H](O)C[C@]2(C)[C@@H]1CC[C@@]2(O)C(=O)CO. The van der Waals surface area contributed by atoms with E-state index in [0.29, 0.717) is 25.7 Å². The van der Waals surface area contributed by atoms with E-state index in [1.807, 2.05) is 6.92 Å². The highest BCUT2D eigenvalue weighted by Gasteiger charge is 2.68. The van der Waals surface area contributed by atoms with Gasteiger partial charge in [-0.15, -0.1) is 0 Å². The first-order valence-corrected chi connectivity index (χ1v) is 12.8. The van der Waals surface area contributed by atoms with Crippen LogP contribution in [0.4, 0.5) is 8.78 Å². The van der Waals surface area contributed by atoms with Crippen molar-refractivity contribution in [3.05, 3.63) is 52.9 Å². The van der Waals surface area contributed by atoms with Crippen LogP contribution in [0.15, 0.2) is 30.0 Å². The van der Waals surface area contributed by atoms with E-state index in [9.17, 15) is 28.9 Å². The van der Waals surface area contributed by atoms with Crippen LogP contribution in [0.5, 0.6) is 0 Å². The molecular weight excluding hydrogens is 466 g/mol. The van der Waals surface area contributed by atoms with E-state index in [1.165, 1.54) is 22.4 Å². The summed E-state index contributed by atoms with van der Waals surface area (Å²) in [5, 5.41) is 37.0. The Kier molecular flexibility index (Phi) is 5.18. The van der Waals surface area contributed by atoms with Crippen LogP contribution in [0, 0.1) is 40.2 Å². The highest BCUT2D eigenvalue weighted by atomic mass is 19.1. The van der Waals surface area contributed by atoms with E-state index in [-0.39, 0.29) is 28.9 Å². The predicted octanol–water partition coefficient (Wildman–Crippen LogP) is 3.60. The Balaban J connectivity index is 1.37. The van der Waals surface area contributed by atoms with E-state index in [2.05, 4.69) is 18.1 Å². The summed E-state index contributed by atoms with van der Waals surface area (Å²) in [7, 11) is 0. The summed E-state index contributed by atoms with van der Waals surface area (Å²) in [4.78, 5) is 12.6. The number of hydrogen-bond acceptors (Lipinski definition) is 5. The molecule has 8 heteroatoms. The molecular formula is C28H32F2N2O4. The monoisotopic (exact) mass is 498 g/mol. The highest BCUT2D eigenvalue weighted by Crippen LogP contribution is 2.67. The molecule has 0 unspecified atom stereocenters. The highest BCUT2D eigenvalue weighted by molar-refractivity contribution is 5.89. The number of fused-ring (bicyclic) bond motifs is 6. The third kappa shape index (κ3) is 2.98. The smallest absolute Gasteiger partial charge is 0.190 e. The summed E-state index contributed by atoms with van der Waals surface area (Å²) >= 11 is 0. The van der Waals surface area contributed by atoms with E-state index >= 15 is 0 Å². The number of aromatic nitrogens is 2. The van der Waals surface area contributed by atoms with Crippen molar-refractivity contribution >= 4 is 11.9 Å². The molecule has 2 aromatic rings. The summed E-state index contributed by atoms with van der Waals surface area (Å²) in [5.74, 6) is -1.72. The van der Waals surface area contributed by atoms with Crippen LogP contribution in [0.1, 0.15) is 57.2 Å². The number of allylic oxidation sites excluding steroid dienone is 1. The molecule has 0 saturated heterocycles. The average molecular weight is 499 g/mol. The lowest BCUT2D eigenvalue weighted by Crippen LogP contribution is -2.62. The Morgan fingerprint density at radius 1 is 1.25 bits per heavy atom. The number of rotatable bonds is 3. The van der Waals surface area contributed by atoms with Crippen LogP contribution in [0.3, 0.4) is 0 Å². The largest absolute Gasteiger partial charge is 0.393 e. The van der Waals surface area contributed by atoms with Gasteiger partial charge in [0.05, 0.1) is 18.0 Å².